The SMILES string of the molecule is CC(F)OC1CCC2(CC1)Cc1ccc(-c3cncc(F)c3)cc1C21N=C(N)N(C(C)C)C1=O. The van der Waals surface area contributed by atoms with E-state index in [0.717, 1.165) is 22.9 Å². The summed E-state index contributed by atoms with van der Waals surface area (Å²) in [6.45, 7) is 5.24. The summed E-state index contributed by atoms with van der Waals surface area (Å²) < 4.78 is 32.8. The maximum absolute atomic E-state index is 14.1. The first-order valence-electron chi connectivity index (χ1n) is 11.9. The molecule has 180 valence electrons. The lowest BCUT2D eigenvalue weighted by Crippen LogP contribution is -2.53. The van der Waals surface area contributed by atoms with Crippen molar-refractivity contribution in [1.29, 1.82) is 0 Å². The molecule has 0 bridgehead atoms. The number of hydrogen-bond donors (Lipinski definition) is 1. The number of ether oxygens (including phenoxy) is 1. The number of amides is 1. The number of nitrogens with zero attached hydrogens (tertiary/aromatic N) is 3. The summed E-state index contributed by atoms with van der Waals surface area (Å²) in [6.07, 6.45) is 4.58. The number of alkyl halides is 1. The van der Waals surface area contributed by atoms with Gasteiger partial charge in [0.15, 0.2) is 17.9 Å². The van der Waals surface area contributed by atoms with Gasteiger partial charge in [0, 0.05) is 23.2 Å². The zero-order chi connectivity index (χ0) is 24.3. The van der Waals surface area contributed by atoms with Crippen molar-refractivity contribution in [2.45, 2.75) is 76.9 Å². The third-order valence-electron chi connectivity index (χ3n) is 7.68. The van der Waals surface area contributed by atoms with Crippen LogP contribution in [0.2, 0.25) is 0 Å². The number of nitrogens with two attached hydrogens (primary N) is 1. The highest BCUT2D eigenvalue weighted by Crippen LogP contribution is 2.62. The second-order valence-corrected chi connectivity index (χ2v) is 10.0. The van der Waals surface area contributed by atoms with Gasteiger partial charge < -0.3 is 10.5 Å². The highest BCUT2D eigenvalue weighted by atomic mass is 19.1. The van der Waals surface area contributed by atoms with Gasteiger partial charge in [-0.2, -0.15) is 0 Å². The summed E-state index contributed by atoms with van der Waals surface area (Å²) in [6, 6.07) is 7.19. The minimum Gasteiger partial charge on any atom is -0.369 e. The van der Waals surface area contributed by atoms with Gasteiger partial charge in [0.2, 0.25) is 0 Å². The van der Waals surface area contributed by atoms with Crippen LogP contribution < -0.4 is 5.73 Å². The maximum Gasteiger partial charge on any atom is 0.262 e. The minimum atomic E-state index is -1.32. The van der Waals surface area contributed by atoms with Crippen molar-refractivity contribution in [3.05, 3.63) is 53.6 Å². The van der Waals surface area contributed by atoms with Crippen molar-refractivity contribution >= 4 is 11.9 Å². The Labute approximate surface area is 198 Å². The maximum atomic E-state index is 14.1. The molecule has 5 rings (SSSR count). The van der Waals surface area contributed by atoms with E-state index >= 15 is 0 Å². The summed E-state index contributed by atoms with van der Waals surface area (Å²) >= 11 is 0. The summed E-state index contributed by atoms with van der Waals surface area (Å²) in [7, 11) is 0. The Bertz CT molecular complexity index is 1160. The van der Waals surface area contributed by atoms with Crippen LogP contribution in [0, 0.1) is 11.2 Å². The van der Waals surface area contributed by atoms with Gasteiger partial charge in [0.25, 0.3) is 5.91 Å². The first kappa shape index (κ1) is 22.9. The normalized spacial score (nSPS) is 29.2. The number of hydrogen-bond acceptors (Lipinski definition) is 5. The highest BCUT2D eigenvalue weighted by Gasteiger charge is 2.67. The van der Waals surface area contributed by atoms with E-state index < -0.39 is 23.1 Å². The Morgan fingerprint density at radius 1 is 1.15 bits per heavy atom. The van der Waals surface area contributed by atoms with Gasteiger partial charge in [-0.05, 0) is 81.7 Å². The Balaban J connectivity index is 1.63. The molecule has 2 heterocycles. The molecule has 1 fully saturated rings. The largest absolute Gasteiger partial charge is 0.369 e. The van der Waals surface area contributed by atoms with Crippen LogP contribution in [-0.2, 0) is 21.5 Å². The van der Waals surface area contributed by atoms with Gasteiger partial charge in [-0.3, -0.25) is 14.7 Å². The molecule has 0 radical (unpaired) electrons. The molecule has 2 spiro atoms. The summed E-state index contributed by atoms with van der Waals surface area (Å²) in [5.74, 6) is -0.318. The van der Waals surface area contributed by atoms with E-state index in [1.807, 2.05) is 32.0 Å². The lowest BCUT2D eigenvalue weighted by Gasteiger charge is -2.45. The fraction of sp³-hybridized carbons (Fsp3) is 0.500. The molecule has 1 aromatic heterocycles. The Hall–Kier alpha value is -2.87. The number of carbonyl (C=O) groups is 1. The number of aromatic nitrogens is 1. The van der Waals surface area contributed by atoms with Gasteiger partial charge in [-0.1, -0.05) is 12.1 Å². The number of carbonyl (C=O) groups excluding carboxylic acids is 1. The molecule has 0 saturated heterocycles. The molecule has 2 aromatic rings. The number of halogens is 2. The predicted octanol–water partition coefficient (Wildman–Crippen LogP) is 4.47. The second kappa shape index (κ2) is 8.12. The van der Waals surface area contributed by atoms with Gasteiger partial charge >= 0.3 is 0 Å². The molecule has 1 saturated carbocycles. The molecule has 2 unspecified atom stereocenters. The Morgan fingerprint density at radius 3 is 2.50 bits per heavy atom. The number of guanidine groups is 1. The van der Waals surface area contributed by atoms with Crippen LogP contribution in [0.25, 0.3) is 11.1 Å². The highest BCUT2D eigenvalue weighted by molar-refractivity contribution is 6.08. The molecule has 1 aromatic carbocycles. The number of fused-ring (bicyclic) bond motifs is 3. The van der Waals surface area contributed by atoms with E-state index in [2.05, 4.69) is 4.98 Å². The van der Waals surface area contributed by atoms with Crippen LogP contribution in [0.15, 0.2) is 41.7 Å². The van der Waals surface area contributed by atoms with E-state index in [0.29, 0.717) is 37.7 Å². The topological polar surface area (TPSA) is 80.8 Å². The van der Waals surface area contributed by atoms with Gasteiger partial charge in [0.1, 0.15) is 5.82 Å². The van der Waals surface area contributed by atoms with Crippen molar-refractivity contribution in [2.24, 2.45) is 16.1 Å². The minimum absolute atomic E-state index is 0.119. The monoisotopic (exact) mass is 468 g/mol. The summed E-state index contributed by atoms with van der Waals surface area (Å²) in [5.41, 5.74) is 8.00. The number of aliphatic imine (C=N–C) groups is 1. The van der Waals surface area contributed by atoms with E-state index in [-0.39, 0.29) is 24.0 Å². The Morgan fingerprint density at radius 2 is 1.88 bits per heavy atom. The third kappa shape index (κ3) is 3.34. The fourth-order valence-corrected chi connectivity index (χ4v) is 6.25. The first-order valence-corrected chi connectivity index (χ1v) is 11.9. The van der Waals surface area contributed by atoms with Crippen LogP contribution in [-0.4, -0.2) is 40.3 Å². The van der Waals surface area contributed by atoms with Gasteiger partial charge in [0.05, 0.1) is 12.3 Å². The van der Waals surface area contributed by atoms with Crippen LogP contribution in [0.5, 0.6) is 0 Å². The van der Waals surface area contributed by atoms with E-state index in [1.165, 1.54) is 13.0 Å². The zero-order valence-electron chi connectivity index (χ0n) is 19.7. The van der Waals surface area contributed by atoms with E-state index in [4.69, 9.17) is 15.5 Å². The Kier molecular flexibility index (Phi) is 5.47. The molecule has 1 amide bonds. The van der Waals surface area contributed by atoms with Gasteiger partial charge in [-0.25, -0.2) is 13.8 Å². The molecular formula is C26H30F2N4O2. The smallest absolute Gasteiger partial charge is 0.262 e. The first-order chi connectivity index (χ1) is 16.2. The molecule has 34 heavy (non-hydrogen) atoms. The van der Waals surface area contributed by atoms with Crippen molar-refractivity contribution in [1.82, 2.24) is 9.88 Å². The van der Waals surface area contributed by atoms with Crippen LogP contribution >= 0.6 is 0 Å². The second-order valence-electron chi connectivity index (χ2n) is 10.0. The fourth-order valence-electron chi connectivity index (χ4n) is 6.25. The quantitative estimate of drug-likeness (QED) is 0.718. The standard InChI is InChI=1S/C26H30F2N4O2/c1-15(2)32-23(33)26(31-24(32)29)22-11-17(19-10-20(28)14-30-13-19)4-5-18(22)12-25(26)8-6-21(7-9-25)34-16(3)27/h4-5,10-11,13-16,21H,6-9,12H2,1-3H3,(H2,29,31). The summed E-state index contributed by atoms with van der Waals surface area (Å²) in [5, 5.41) is 0. The van der Waals surface area contributed by atoms with E-state index in [1.54, 1.807) is 11.1 Å². The van der Waals surface area contributed by atoms with Gasteiger partial charge in [-0.15, -0.1) is 0 Å². The number of benzene rings is 1. The van der Waals surface area contributed by atoms with E-state index in [9.17, 15) is 13.6 Å². The molecule has 2 aliphatic carbocycles. The molecule has 2 N–H and O–H groups in total. The number of pyridine rings is 1. The lowest BCUT2D eigenvalue weighted by molar-refractivity contribution is -0.142. The zero-order valence-corrected chi connectivity index (χ0v) is 19.7. The van der Waals surface area contributed by atoms with Crippen LogP contribution in [0.1, 0.15) is 57.6 Å². The molecule has 2 atom stereocenters. The lowest BCUT2D eigenvalue weighted by atomic mass is 9.61. The molecular weight excluding hydrogens is 438 g/mol. The number of rotatable bonds is 4. The molecule has 3 aliphatic rings. The average molecular weight is 469 g/mol. The molecule has 1 aliphatic heterocycles. The van der Waals surface area contributed by atoms with Crippen LogP contribution in [0.3, 0.4) is 0 Å². The predicted molar refractivity (Wildman–Crippen MR) is 125 cm³/mol. The van der Waals surface area contributed by atoms with Crippen molar-refractivity contribution in [2.75, 3.05) is 0 Å². The third-order valence-corrected chi connectivity index (χ3v) is 7.68. The summed E-state index contributed by atoms with van der Waals surface area (Å²) in [4.78, 5) is 24.6. The van der Waals surface area contributed by atoms with Crippen molar-refractivity contribution in [3.8, 4) is 11.1 Å². The van der Waals surface area contributed by atoms with Crippen LogP contribution in [0.4, 0.5) is 8.78 Å². The molecule has 8 heteroatoms. The van der Waals surface area contributed by atoms with Crippen molar-refractivity contribution < 1.29 is 18.3 Å². The average Bonchev–Trinajstić information content (AvgIpc) is 3.20. The van der Waals surface area contributed by atoms with Crippen molar-refractivity contribution in [3.63, 3.8) is 0 Å². The molecule has 6 nitrogen and oxygen atoms in total.